The largest absolute Gasteiger partial charge is 0.396 e. The molecule has 1 aliphatic carbocycles. The molecule has 0 aromatic carbocycles. The summed E-state index contributed by atoms with van der Waals surface area (Å²) in [6.07, 6.45) is 5.62. The second-order valence-electron chi connectivity index (χ2n) is 4.80. The molecule has 1 aromatic rings. The van der Waals surface area contributed by atoms with Gasteiger partial charge in [-0.1, -0.05) is 12.1 Å². The van der Waals surface area contributed by atoms with Gasteiger partial charge in [0.15, 0.2) is 0 Å². The van der Waals surface area contributed by atoms with Crippen molar-refractivity contribution in [3.05, 3.63) is 11.9 Å². The molecule has 6 heteroatoms. The van der Waals surface area contributed by atoms with Crippen molar-refractivity contribution in [1.82, 2.24) is 20.3 Å². The lowest BCUT2D eigenvalue weighted by molar-refractivity contribution is -0.122. The first kappa shape index (κ1) is 13.0. The van der Waals surface area contributed by atoms with Crippen molar-refractivity contribution >= 4 is 5.91 Å². The van der Waals surface area contributed by atoms with Crippen molar-refractivity contribution in [2.45, 2.75) is 51.1 Å². The second kappa shape index (κ2) is 5.95. The minimum absolute atomic E-state index is 0.0360. The highest BCUT2D eigenvalue weighted by atomic mass is 16.3. The standard InChI is InChI=1S/C12H20N4O2/c1-2-10(5-6-17)13-12(18)8-16-7-11(14-15-16)9-3-4-9/h7,9-10,17H,2-6,8H2,1H3,(H,13,18). The molecule has 18 heavy (non-hydrogen) atoms. The SMILES string of the molecule is CCC(CCO)NC(=O)Cn1cc(C2CC2)nn1. The maximum Gasteiger partial charge on any atom is 0.242 e. The number of nitrogens with one attached hydrogen (secondary N) is 1. The summed E-state index contributed by atoms with van der Waals surface area (Å²) in [4.78, 5) is 11.8. The van der Waals surface area contributed by atoms with Crippen LogP contribution in [0, 0.1) is 0 Å². The third-order valence-electron chi connectivity index (χ3n) is 3.19. The van der Waals surface area contributed by atoms with E-state index in [-0.39, 0.29) is 25.1 Å². The van der Waals surface area contributed by atoms with Gasteiger partial charge in [-0.05, 0) is 25.7 Å². The van der Waals surface area contributed by atoms with Crippen LogP contribution in [0.5, 0.6) is 0 Å². The first-order chi connectivity index (χ1) is 8.72. The van der Waals surface area contributed by atoms with Crippen molar-refractivity contribution in [3.63, 3.8) is 0 Å². The molecule has 6 nitrogen and oxygen atoms in total. The van der Waals surface area contributed by atoms with Gasteiger partial charge in [0.1, 0.15) is 6.54 Å². The molecule has 2 rings (SSSR count). The molecule has 0 bridgehead atoms. The van der Waals surface area contributed by atoms with Crippen LogP contribution in [0.4, 0.5) is 0 Å². The molecular formula is C12H20N4O2. The van der Waals surface area contributed by atoms with E-state index in [1.165, 1.54) is 12.8 Å². The smallest absolute Gasteiger partial charge is 0.242 e. The van der Waals surface area contributed by atoms with Gasteiger partial charge in [-0.3, -0.25) is 4.79 Å². The molecule has 0 radical (unpaired) electrons. The molecular weight excluding hydrogens is 232 g/mol. The maximum absolute atomic E-state index is 11.8. The maximum atomic E-state index is 11.8. The van der Waals surface area contributed by atoms with Crippen molar-refractivity contribution in [1.29, 1.82) is 0 Å². The van der Waals surface area contributed by atoms with Crippen molar-refractivity contribution in [2.75, 3.05) is 6.61 Å². The van der Waals surface area contributed by atoms with Crippen molar-refractivity contribution in [3.8, 4) is 0 Å². The van der Waals surface area contributed by atoms with Crippen LogP contribution >= 0.6 is 0 Å². The Balaban J connectivity index is 1.81. The Morgan fingerprint density at radius 2 is 2.44 bits per heavy atom. The van der Waals surface area contributed by atoms with E-state index < -0.39 is 0 Å². The van der Waals surface area contributed by atoms with Crippen LogP contribution in [0.2, 0.25) is 0 Å². The summed E-state index contributed by atoms with van der Waals surface area (Å²) < 4.78 is 1.58. The summed E-state index contributed by atoms with van der Waals surface area (Å²) in [5.41, 5.74) is 0.991. The molecule has 1 saturated carbocycles. The minimum Gasteiger partial charge on any atom is -0.396 e. The lowest BCUT2D eigenvalue weighted by atomic mass is 10.1. The van der Waals surface area contributed by atoms with Crippen LogP contribution in [0.3, 0.4) is 0 Å². The normalized spacial score (nSPS) is 16.6. The van der Waals surface area contributed by atoms with Gasteiger partial charge in [-0.2, -0.15) is 0 Å². The highest BCUT2D eigenvalue weighted by Crippen LogP contribution is 2.38. The van der Waals surface area contributed by atoms with E-state index in [1.807, 2.05) is 13.1 Å². The van der Waals surface area contributed by atoms with E-state index in [9.17, 15) is 4.79 Å². The molecule has 0 saturated heterocycles. The molecule has 1 heterocycles. The van der Waals surface area contributed by atoms with Gasteiger partial charge in [0.2, 0.25) is 5.91 Å². The number of hydrogen-bond acceptors (Lipinski definition) is 4. The number of aromatic nitrogens is 3. The zero-order valence-corrected chi connectivity index (χ0v) is 10.7. The van der Waals surface area contributed by atoms with Crippen LogP contribution in [0.1, 0.15) is 44.2 Å². The lowest BCUT2D eigenvalue weighted by Crippen LogP contribution is -2.37. The third-order valence-corrected chi connectivity index (χ3v) is 3.19. The van der Waals surface area contributed by atoms with E-state index in [0.29, 0.717) is 12.3 Å². The van der Waals surface area contributed by atoms with E-state index in [0.717, 1.165) is 12.1 Å². The van der Waals surface area contributed by atoms with Gasteiger partial charge in [0.05, 0.1) is 5.69 Å². The summed E-state index contributed by atoms with van der Waals surface area (Å²) in [5, 5.41) is 19.8. The molecule has 1 aromatic heterocycles. The van der Waals surface area contributed by atoms with Crippen LogP contribution in [-0.2, 0) is 11.3 Å². The number of carbonyl (C=O) groups excluding carboxylic acids is 1. The third kappa shape index (κ3) is 3.53. The van der Waals surface area contributed by atoms with Crippen LogP contribution in [0.15, 0.2) is 6.20 Å². The number of hydrogen-bond donors (Lipinski definition) is 2. The number of carbonyl (C=O) groups is 1. The van der Waals surface area contributed by atoms with Crippen LogP contribution in [-0.4, -0.2) is 38.7 Å². The van der Waals surface area contributed by atoms with E-state index in [2.05, 4.69) is 15.6 Å². The summed E-state index contributed by atoms with van der Waals surface area (Å²) in [5.74, 6) is 0.474. The summed E-state index contributed by atoms with van der Waals surface area (Å²) in [6.45, 7) is 2.27. The molecule has 1 atom stereocenters. The van der Waals surface area contributed by atoms with Gasteiger partial charge in [0.25, 0.3) is 0 Å². The number of nitrogens with zero attached hydrogens (tertiary/aromatic N) is 3. The van der Waals surface area contributed by atoms with Gasteiger partial charge >= 0.3 is 0 Å². The fourth-order valence-corrected chi connectivity index (χ4v) is 1.91. The van der Waals surface area contributed by atoms with Crippen molar-refractivity contribution < 1.29 is 9.90 Å². The van der Waals surface area contributed by atoms with E-state index in [1.54, 1.807) is 4.68 Å². The van der Waals surface area contributed by atoms with Gasteiger partial charge < -0.3 is 10.4 Å². The predicted molar refractivity (Wildman–Crippen MR) is 65.9 cm³/mol. The van der Waals surface area contributed by atoms with Gasteiger partial charge in [-0.15, -0.1) is 5.10 Å². The Hall–Kier alpha value is -1.43. The molecule has 1 amide bonds. The molecule has 2 N–H and O–H groups in total. The van der Waals surface area contributed by atoms with E-state index in [4.69, 9.17) is 5.11 Å². The first-order valence-electron chi connectivity index (χ1n) is 6.53. The topological polar surface area (TPSA) is 80.0 Å². The Morgan fingerprint density at radius 3 is 3.06 bits per heavy atom. The zero-order valence-electron chi connectivity index (χ0n) is 10.7. The Labute approximate surface area is 106 Å². The molecule has 0 spiro atoms. The summed E-state index contributed by atoms with van der Waals surface area (Å²) in [7, 11) is 0. The molecule has 1 unspecified atom stereocenters. The predicted octanol–water partition coefficient (Wildman–Crippen LogP) is 0.433. The minimum atomic E-state index is -0.0810. The monoisotopic (exact) mass is 252 g/mol. The second-order valence-corrected chi connectivity index (χ2v) is 4.80. The summed E-state index contributed by atoms with van der Waals surface area (Å²) >= 11 is 0. The Kier molecular flexibility index (Phi) is 4.30. The average Bonchev–Trinajstić information content (AvgIpc) is 3.10. The number of rotatable bonds is 7. The Morgan fingerprint density at radius 1 is 1.67 bits per heavy atom. The molecule has 1 fully saturated rings. The zero-order chi connectivity index (χ0) is 13.0. The highest BCUT2D eigenvalue weighted by molar-refractivity contribution is 5.75. The lowest BCUT2D eigenvalue weighted by Gasteiger charge is -2.15. The highest BCUT2D eigenvalue weighted by Gasteiger charge is 2.26. The number of aliphatic hydroxyl groups excluding tert-OH is 1. The molecule has 100 valence electrons. The van der Waals surface area contributed by atoms with Gasteiger partial charge in [-0.25, -0.2) is 4.68 Å². The summed E-state index contributed by atoms with van der Waals surface area (Å²) in [6, 6.07) is 0.0360. The van der Waals surface area contributed by atoms with Crippen LogP contribution < -0.4 is 5.32 Å². The van der Waals surface area contributed by atoms with Gasteiger partial charge in [0, 0.05) is 24.8 Å². The van der Waals surface area contributed by atoms with Crippen molar-refractivity contribution in [2.24, 2.45) is 0 Å². The number of amides is 1. The van der Waals surface area contributed by atoms with Crippen LogP contribution in [0.25, 0.3) is 0 Å². The average molecular weight is 252 g/mol. The quantitative estimate of drug-likeness (QED) is 0.737. The fraction of sp³-hybridized carbons (Fsp3) is 0.750. The molecule has 1 aliphatic rings. The fourth-order valence-electron chi connectivity index (χ4n) is 1.91. The Bertz CT molecular complexity index is 401. The molecule has 0 aliphatic heterocycles. The van der Waals surface area contributed by atoms with E-state index >= 15 is 0 Å². The first-order valence-corrected chi connectivity index (χ1v) is 6.53. The number of aliphatic hydroxyl groups is 1.